The van der Waals surface area contributed by atoms with Gasteiger partial charge in [0.2, 0.25) is 15.8 Å². The molecule has 1 heterocycles. The maximum absolute atomic E-state index is 12.5. The van der Waals surface area contributed by atoms with Gasteiger partial charge in [0.1, 0.15) is 5.58 Å². The SMILES string of the molecule is CCC(=O)c1c(C(=O)N(C)OC)oc2cc(N(C)S(C)(=O)=O)c(Br)cc12. The number of fused-ring (bicyclic) bond motifs is 1. The van der Waals surface area contributed by atoms with Gasteiger partial charge in [-0.3, -0.25) is 18.7 Å². The van der Waals surface area contributed by atoms with Crippen molar-refractivity contribution in [3.8, 4) is 0 Å². The number of carbonyl (C=O) groups is 2. The van der Waals surface area contributed by atoms with E-state index in [1.165, 1.54) is 27.3 Å². The molecule has 10 heteroatoms. The topological polar surface area (TPSA) is 97.1 Å². The summed E-state index contributed by atoms with van der Waals surface area (Å²) in [6.07, 6.45) is 1.24. The van der Waals surface area contributed by atoms with Crippen LogP contribution in [0.5, 0.6) is 0 Å². The second-order valence-corrected chi connectivity index (χ2v) is 8.47. The molecule has 0 atom stereocenters. The molecule has 2 rings (SSSR count). The highest BCUT2D eigenvalue weighted by Crippen LogP contribution is 2.36. The van der Waals surface area contributed by atoms with Crippen LogP contribution >= 0.6 is 15.9 Å². The number of hydrogen-bond acceptors (Lipinski definition) is 6. The molecule has 0 saturated carbocycles. The van der Waals surface area contributed by atoms with Crippen molar-refractivity contribution in [2.45, 2.75) is 13.3 Å². The zero-order chi connectivity index (χ0) is 19.8. The average Bonchev–Trinajstić information content (AvgIpc) is 2.95. The maximum atomic E-state index is 12.5. The van der Waals surface area contributed by atoms with Crippen LogP contribution in [0.3, 0.4) is 0 Å². The van der Waals surface area contributed by atoms with E-state index in [1.807, 2.05) is 0 Å². The summed E-state index contributed by atoms with van der Waals surface area (Å²) in [7, 11) is 0.605. The lowest BCUT2D eigenvalue weighted by molar-refractivity contribution is -0.0772. The van der Waals surface area contributed by atoms with Crippen LogP contribution in [-0.4, -0.2) is 52.6 Å². The fraction of sp³-hybridized carbons (Fsp3) is 0.375. The second-order valence-electron chi connectivity index (χ2n) is 5.60. The Morgan fingerprint density at radius 3 is 2.38 bits per heavy atom. The van der Waals surface area contributed by atoms with Gasteiger partial charge in [0.05, 0.1) is 24.6 Å². The highest BCUT2D eigenvalue weighted by atomic mass is 79.9. The van der Waals surface area contributed by atoms with Crippen molar-refractivity contribution < 1.29 is 27.3 Å². The summed E-state index contributed by atoms with van der Waals surface area (Å²) >= 11 is 3.33. The van der Waals surface area contributed by atoms with Crippen LogP contribution in [0.25, 0.3) is 11.0 Å². The lowest BCUT2D eigenvalue weighted by Gasteiger charge is -2.18. The summed E-state index contributed by atoms with van der Waals surface area (Å²) < 4.78 is 30.8. The molecular formula is C16H19BrN2O6S. The zero-order valence-corrected chi connectivity index (χ0v) is 17.4. The van der Waals surface area contributed by atoms with Crippen molar-refractivity contribution in [1.29, 1.82) is 0 Å². The van der Waals surface area contributed by atoms with E-state index in [0.717, 1.165) is 15.6 Å². The molecule has 1 aromatic heterocycles. The molecule has 0 aliphatic rings. The van der Waals surface area contributed by atoms with Crippen LogP contribution in [0, 0.1) is 0 Å². The zero-order valence-electron chi connectivity index (χ0n) is 15.0. The monoisotopic (exact) mass is 446 g/mol. The van der Waals surface area contributed by atoms with Crippen molar-refractivity contribution in [3.63, 3.8) is 0 Å². The van der Waals surface area contributed by atoms with Crippen molar-refractivity contribution in [1.82, 2.24) is 5.06 Å². The highest BCUT2D eigenvalue weighted by molar-refractivity contribution is 9.10. The third-order valence-electron chi connectivity index (χ3n) is 3.95. The summed E-state index contributed by atoms with van der Waals surface area (Å²) in [5.74, 6) is -1.04. The molecule has 26 heavy (non-hydrogen) atoms. The molecule has 142 valence electrons. The molecule has 1 amide bonds. The molecule has 0 radical (unpaired) electrons. The number of benzene rings is 1. The van der Waals surface area contributed by atoms with Crippen LogP contribution in [0.15, 0.2) is 21.0 Å². The number of furan rings is 1. The van der Waals surface area contributed by atoms with E-state index < -0.39 is 15.9 Å². The van der Waals surface area contributed by atoms with Crippen molar-refractivity contribution in [2.75, 3.05) is 31.8 Å². The lowest BCUT2D eigenvalue weighted by atomic mass is 10.0. The lowest BCUT2D eigenvalue weighted by Crippen LogP contribution is -2.26. The molecule has 0 fully saturated rings. The number of anilines is 1. The Labute approximate surface area is 159 Å². The molecule has 0 N–H and O–H groups in total. The molecule has 1 aromatic carbocycles. The third kappa shape index (κ3) is 3.62. The Morgan fingerprint density at radius 1 is 1.27 bits per heavy atom. The van der Waals surface area contributed by atoms with E-state index in [-0.39, 0.29) is 29.1 Å². The average molecular weight is 447 g/mol. The van der Waals surface area contributed by atoms with E-state index in [9.17, 15) is 18.0 Å². The van der Waals surface area contributed by atoms with E-state index in [2.05, 4.69) is 15.9 Å². The standard InChI is InChI=1S/C16H19BrN2O6S/c1-6-12(20)14-9-7-10(17)11(19(3)26(5,22)23)8-13(9)25-15(14)16(21)18(2)24-4/h7-8H,6H2,1-5H3. The maximum Gasteiger partial charge on any atom is 0.313 e. The van der Waals surface area contributed by atoms with Crippen LogP contribution in [-0.2, 0) is 14.9 Å². The van der Waals surface area contributed by atoms with Gasteiger partial charge in [0.25, 0.3) is 0 Å². The molecule has 8 nitrogen and oxygen atoms in total. The number of hydrogen-bond donors (Lipinski definition) is 0. The summed E-state index contributed by atoms with van der Waals surface area (Å²) in [6, 6.07) is 3.04. The molecule has 0 spiro atoms. The number of carbonyl (C=O) groups excluding carboxylic acids is 2. The molecule has 0 aliphatic heterocycles. The van der Waals surface area contributed by atoms with Gasteiger partial charge in [-0.1, -0.05) is 6.92 Å². The van der Waals surface area contributed by atoms with E-state index in [4.69, 9.17) is 9.25 Å². The van der Waals surface area contributed by atoms with Gasteiger partial charge in [-0.15, -0.1) is 0 Å². The number of halogens is 1. The third-order valence-corrected chi connectivity index (χ3v) is 5.78. The number of sulfonamides is 1. The number of Topliss-reactive ketones (excluding diaryl/α,β-unsaturated/α-hetero) is 1. The summed E-state index contributed by atoms with van der Waals surface area (Å²) in [5, 5.41) is 1.37. The smallest absolute Gasteiger partial charge is 0.313 e. The van der Waals surface area contributed by atoms with E-state index in [1.54, 1.807) is 13.0 Å². The van der Waals surface area contributed by atoms with Crippen molar-refractivity contribution in [2.24, 2.45) is 0 Å². The molecule has 0 aliphatic carbocycles. The predicted octanol–water partition coefficient (Wildman–Crippen LogP) is 2.82. The van der Waals surface area contributed by atoms with Crippen molar-refractivity contribution in [3.05, 3.63) is 27.9 Å². The largest absolute Gasteiger partial charge is 0.450 e. The Hall–Kier alpha value is -1.91. The van der Waals surface area contributed by atoms with E-state index >= 15 is 0 Å². The number of amides is 1. The molecule has 2 aromatic rings. The quantitative estimate of drug-likeness (QED) is 0.499. The van der Waals surface area contributed by atoms with Gasteiger partial charge in [-0.2, -0.15) is 0 Å². The van der Waals surface area contributed by atoms with Gasteiger partial charge in [0.15, 0.2) is 5.78 Å². The van der Waals surface area contributed by atoms with Gasteiger partial charge in [-0.05, 0) is 22.0 Å². The predicted molar refractivity (Wildman–Crippen MR) is 101 cm³/mol. The minimum Gasteiger partial charge on any atom is -0.450 e. The van der Waals surface area contributed by atoms with Gasteiger partial charge in [0, 0.05) is 36.4 Å². The first-order valence-corrected chi connectivity index (χ1v) is 10.2. The number of nitrogens with zero attached hydrogens (tertiary/aromatic N) is 2. The fourth-order valence-electron chi connectivity index (χ4n) is 2.36. The Bertz CT molecular complexity index is 982. The highest BCUT2D eigenvalue weighted by Gasteiger charge is 2.28. The summed E-state index contributed by atoms with van der Waals surface area (Å²) in [4.78, 5) is 29.8. The number of hydroxylamine groups is 2. The Kier molecular flexibility index (Phi) is 5.79. The molecule has 0 unspecified atom stereocenters. The Balaban J connectivity index is 2.79. The van der Waals surface area contributed by atoms with Crippen molar-refractivity contribution >= 4 is 54.3 Å². The number of rotatable bonds is 6. The van der Waals surface area contributed by atoms with E-state index in [0.29, 0.717) is 15.5 Å². The van der Waals surface area contributed by atoms with Crippen LogP contribution in [0.4, 0.5) is 5.69 Å². The second kappa shape index (κ2) is 7.37. The first-order chi connectivity index (χ1) is 12.0. The fourth-order valence-corrected chi connectivity index (χ4v) is 3.59. The normalized spacial score (nSPS) is 11.6. The summed E-state index contributed by atoms with van der Waals surface area (Å²) in [6.45, 7) is 1.68. The minimum atomic E-state index is -3.51. The Morgan fingerprint density at radius 2 is 1.88 bits per heavy atom. The van der Waals surface area contributed by atoms with Gasteiger partial charge < -0.3 is 4.42 Å². The van der Waals surface area contributed by atoms with Crippen LogP contribution in [0.1, 0.15) is 34.3 Å². The van der Waals surface area contributed by atoms with Crippen LogP contribution < -0.4 is 4.31 Å². The molecule has 0 bridgehead atoms. The molecular weight excluding hydrogens is 428 g/mol. The number of ketones is 1. The van der Waals surface area contributed by atoms with Crippen LogP contribution in [0.2, 0.25) is 0 Å². The molecule has 0 saturated heterocycles. The first kappa shape index (κ1) is 20.4. The van der Waals surface area contributed by atoms with Gasteiger partial charge >= 0.3 is 5.91 Å². The summed E-state index contributed by atoms with van der Waals surface area (Å²) in [5.41, 5.74) is 0.692. The minimum absolute atomic E-state index is 0.144. The first-order valence-electron chi connectivity index (χ1n) is 7.58. The van der Waals surface area contributed by atoms with Gasteiger partial charge in [-0.25, -0.2) is 13.5 Å².